The summed E-state index contributed by atoms with van der Waals surface area (Å²) in [5.41, 5.74) is 0.644. The SMILES string of the molecule is CCOC(C(=O)c1cncc2ccccc12)C(C)C. The van der Waals surface area contributed by atoms with Gasteiger partial charge in [0.2, 0.25) is 0 Å². The smallest absolute Gasteiger partial charge is 0.193 e. The number of carbonyl (C=O) groups excluding carboxylic acids is 1. The van der Waals surface area contributed by atoms with Crippen molar-refractivity contribution in [1.82, 2.24) is 4.98 Å². The van der Waals surface area contributed by atoms with E-state index < -0.39 is 6.10 Å². The highest BCUT2D eigenvalue weighted by Gasteiger charge is 2.25. The number of benzene rings is 1. The number of ketones is 1. The summed E-state index contributed by atoms with van der Waals surface area (Å²) in [6, 6.07) is 7.79. The molecule has 2 rings (SSSR count). The van der Waals surface area contributed by atoms with Gasteiger partial charge in [0.05, 0.1) is 0 Å². The molecule has 0 aliphatic carbocycles. The van der Waals surface area contributed by atoms with Crippen LogP contribution in [-0.4, -0.2) is 23.5 Å². The van der Waals surface area contributed by atoms with Gasteiger partial charge >= 0.3 is 0 Å². The summed E-state index contributed by atoms with van der Waals surface area (Å²) < 4.78 is 5.59. The van der Waals surface area contributed by atoms with Crippen molar-refractivity contribution in [1.29, 1.82) is 0 Å². The number of hydrogen-bond donors (Lipinski definition) is 0. The lowest BCUT2D eigenvalue weighted by atomic mass is 9.95. The van der Waals surface area contributed by atoms with Crippen molar-refractivity contribution >= 4 is 16.6 Å². The molecule has 0 bridgehead atoms. The maximum Gasteiger partial charge on any atom is 0.193 e. The molecule has 0 saturated heterocycles. The fourth-order valence-electron chi connectivity index (χ4n) is 2.22. The fraction of sp³-hybridized carbons (Fsp3) is 0.375. The third-order valence-electron chi connectivity index (χ3n) is 3.14. The van der Waals surface area contributed by atoms with Crippen LogP contribution in [0.4, 0.5) is 0 Å². The molecule has 19 heavy (non-hydrogen) atoms. The number of nitrogens with zero attached hydrogens (tertiary/aromatic N) is 1. The van der Waals surface area contributed by atoms with E-state index >= 15 is 0 Å². The molecule has 1 heterocycles. The second-order valence-corrected chi connectivity index (χ2v) is 4.89. The molecular weight excluding hydrogens is 238 g/mol. The first-order chi connectivity index (χ1) is 9.15. The van der Waals surface area contributed by atoms with Crippen LogP contribution in [0.3, 0.4) is 0 Å². The Morgan fingerprint density at radius 2 is 2.00 bits per heavy atom. The van der Waals surface area contributed by atoms with Crippen LogP contribution in [0.15, 0.2) is 36.7 Å². The zero-order valence-corrected chi connectivity index (χ0v) is 11.6. The topological polar surface area (TPSA) is 39.2 Å². The molecule has 0 N–H and O–H groups in total. The van der Waals surface area contributed by atoms with E-state index in [0.717, 1.165) is 10.8 Å². The zero-order chi connectivity index (χ0) is 13.8. The van der Waals surface area contributed by atoms with E-state index in [1.54, 1.807) is 12.4 Å². The Balaban J connectivity index is 2.45. The quantitative estimate of drug-likeness (QED) is 0.770. The Kier molecular flexibility index (Phi) is 4.27. The molecule has 0 saturated carbocycles. The van der Waals surface area contributed by atoms with Crippen molar-refractivity contribution in [3.8, 4) is 0 Å². The Morgan fingerprint density at radius 1 is 1.26 bits per heavy atom. The van der Waals surface area contributed by atoms with E-state index in [2.05, 4.69) is 4.98 Å². The highest BCUT2D eigenvalue weighted by atomic mass is 16.5. The van der Waals surface area contributed by atoms with Crippen LogP contribution in [-0.2, 0) is 4.74 Å². The van der Waals surface area contributed by atoms with E-state index in [1.165, 1.54) is 0 Å². The van der Waals surface area contributed by atoms with Gasteiger partial charge < -0.3 is 4.74 Å². The Labute approximate surface area is 113 Å². The van der Waals surface area contributed by atoms with Gasteiger partial charge in [0.15, 0.2) is 5.78 Å². The van der Waals surface area contributed by atoms with Gasteiger partial charge in [-0.2, -0.15) is 0 Å². The van der Waals surface area contributed by atoms with Crippen molar-refractivity contribution < 1.29 is 9.53 Å². The van der Waals surface area contributed by atoms with Crippen LogP contribution < -0.4 is 0 Å². The molecule has 1 atom stereocenters. The number of ether oxygens (including phenoxy) is 1. The molecule has 0 fully saturated rings. The monoisotopic (exact) mass is 257 g/mol. The lowest BCUT2D eigenvalue weighted by Gasteiger charge is -2.20. The van der Waals surface area contributed by atoms with Gasteiger partial charge in [-0.1, -0.05) is 38.1 Å². The molecule has 100 valence electrons. The number of Topliss-reactive ketones (excluding diaryl/α,β-unsaturated/α-hetero) is 1. The minimum absolute atomic E-state index is 0.0150. The number of fused-ring (bicyclic) bond motifs is 1. The van der Waals surface area contributed by atoms with Crippen molar-refractivity contribution in [2.75, 3.05) is 6.61 Å². The Morgan fingerprint density at radius 3 is 2.68 bits per heavy atom. The van der Waals surface area contributed by atoms with Gasteiger partial charge in [0.1, 0.15) is 6.10 Å². The Bertz CT molecular complexity index is 572. The van der Waals surface area contributed by atoms with Crippen molar-refractivity contribution in [3.05, 3.63) is 42.2 Å². The van der Waals surface area contributed by atoms with E-state index in [0.29, 0.717) is 12.2 Å². The van der Waals surface area contributed by atoms with Gasteiger partial charge in [0.25, 0.3) is 0 Å². The summed E-state index contributed by atoms with van der Waals surface area (Å²) in [5, 5.41) is 1.92. The van der Waals surface area contributed by atoms with Crippen LogP contribution in [0, 0.1) is 5.92 Å². The maximum atomic E-state index is 12.6. The zero-order valence-electron chi connectivity index (χ0n) is 11.6. The third-order valence-corrected chi connectivity index (χ3v) is 3.14. The largest absolute Gasteiger partial charge is 0.370 e. The number of carbonyl (C=O) groups is 1. The van der Waals surface area contributed by atoms with Crippen molar-refractivity contribution in [2.45, 2.75) is 26.9 Å². The summed E-state index contributed by atoms with van der Waals surface area (Å²) in [7, 11) is 0. The van der Waals surface area contributed by atoms with Crippen LogP contribution in [0.2, 0.25) is 0 Å². The van der Waals surface area contributed by atoms with E-state index in [4.69, 9.17) is 4.74 Å². The van der Waals surface area contributed by atoms with Gasteiger partial charge in [-0.3, -0.25) is 9.78 Å². The first-order valence-corrected chi connectivity index (χ1v) is 6.63. The second-order valence-electron chi connectivity index (χ2n) is 4.89. The summed E-state index contributed by atoms with van der Waals surface area (Å²) >= 11 is 0. The lowest BCUT2D eigenvalue weighted by molar-refractivity contribution is 0.0281. The van der Waals surface area contributed by atoms with Crippen LogP contribution in [0.5, 0.6) is 0 Å². The average Bonchev–Trinajstić information content (AvgIpc) is 2.43. The van der Waals surface area contributed by atoms with Crippen LogP contribution in [0.1, 0.15) is 31.1 Å². The van der Waals surface area contributed by atoms with Gasteiger partial charge in [-0.15, -0.1) is 0 Å². The molecule has 0 aliphatic rings. The van der Waals surface area contributed by atoms with Gasteiger partial charge in [0, 0.05) is 30.0 Å². The van der Waals surface area contributed by atoms with Crippen LogP contribution in [0.25, 0.3) is 10.8 Å². The molecule has 3 heteroatoms. The maximum absolute atomic E-state index is 12.6. The number of pyridine rings is 1. The van der Waals surface area contributed by atoms with Crippen molar-refractivity contribution in [2.24, 2.45) is 5.92 Å². The minimum atomic E-state index is -0.405. The molecule has 2 aromatic rings. The molecular formula is C16H19NO2. The molecule has 0 spiro atoms. The number of rotatable bonds is 5. The highest BCUT2D eigenvalue weighted by Crippen LogP contribution is 2.21. The summed E-state index contributed by atoms with van der Waals surface area (Å²) in [6.45, 7) is 6.43. The highest BCUT2D eigenvalue weighted by molar-refractivity contribution is 6.09. The summed E-state index contributed by atoms with van der Waals surface area (Å²) in [6.07, 6.45) is 3.01. The fourth-order valence-corrected chi connectivity index (χ4v) is 2.22. The Hall–Kier alpha value is -1.74. The molecule has 0 radical (unpaired) electrons. The second kappa shape index (κ2) is 5.93. The van der Waals surface area contributed by atoms with Crippen molar-refractivity contribution in [3.63, 3.8) is 0 Å². The summed E-state index contributed by atoms with van der Waals surface area (Å²) in [5.74, 6) is 0.160. The van der Waals surface area contributed by atoms with Gasteiger partial charge in [-0.25, -0.2) is 0 Å². The molecule has 0 amide bonds. The molecule has 3 nitrogen and oxygen atoms in total. The molecule has 1 unspecified atom stereocenters. The lowest BCUT2D eigenvalue weighted by Crippen LogP contribution is -2.30. The first-order valence-electron chi connectivity index (χ1n) is 6.63. The third kappa shape index (κ3) is 2.82. The van der Waals surface area contributed by atoms with Crippen LogP contribution >= 0.6 is 0 Å². The molecule has 0 aliphatic heterocycles. The van der Waals surface area contributed by atoms with E-state index in [-0.39, 0.29) is 11.7 Å². The van der Waals surface area contributed by atoms with E-state index in [9.17, 15) is 4.79 Å². The first kappa shape index (κ1) is 13.7. The standard InChI is InChI=1S/C16H19NO2/c1-4-19-16(11(2)3)15(18)14-10-17-9-12-7-5-6-8-13(12)14/h5-11,16H,4H2,1-3H3. The molecule has 1 aromatic heterocycles. The molecule has 1 aromatic carbocycles. The number of aromatic nitrogens is 1. The van der Waals surface area contributed by atoms with Gasteiger partial charge in [-0.05, 0) is 18.2 Å². The normalized spacial score (nSPS) is 12.8. The number of hydrogen-bond acceptors (Lipinski definition) is 3. The average molecular weight is 257 g/mol. The predicted molar refractivity (Wildman–Crippen MR) is 76.3 cm³/mol. The summed E-state index contributed by atoms with van der Waals surface area (Å²) in [4.78, 5) is 16.8. The predicted octanol–water partition coefficient (Wildman–Crippen LogP) is 3.48. The van der Waals surface area contributed by atoms with E-state index in [1.807, 2.05) is 45.0 Å². The minimum Gasteiger partial charge on any atom is -0.370 e.